The molecule has 0 radical (unpaired) electrons. The molecule has 0 saturated heterocycles. The van der Waals surface area contributed by atoms with Crippen molar-refractivity contribution >= 4 is 28.1 Å². The van der Waals surface area contributed by atoms with Gasteiger partial charge >= 0.3 is 0 Å². The molecule has 25 heavy (non-hydrogen) atoms. The first kappa shape index (κ1) is 17.0. The van der Waals surface area contributed by atoms with Crippen molar-refractivity contribution in [1.82, 2.24) is 15.2 Å². The van der Waals surface area contributed by atoms with E-state index in [1.54, 1.807) is 6.20 Å². The van der Waals surface area contributed by atoms with E-state index in [4.69, 9.17) is 0 Å². The third-order valence-electron chi connectivity index (χ3n) is 3.50. The van der Waals surface area contributed by atoms with E-state index >= 15 is 0 Å². The van der Waals surface area contributed by atoms with Crippen LogP contribution in [-0.4, -0.2) is 21.1 Å². The summed E-state index contributed by atoms with van der Waals surface area (Å²) in [5, 5.41) is 16.0. The van der Waals surface area contributed by atoms with E-state index in [0.717, 1.165) is 27.1 Å². The monoisotopic (exact) mass is 353 g/mol. The number of carbonyl (C=O) groups excluding carboxylic acids is 1. The molecule has 0 atom stereocenters. The van der Waals surface area contributed by atoms with Crippen molar-refractivity contribution in [2.75, 3.05) is 10.6 Å². The number of hydrogen-bond acceptors (Lipinski definition) is 6. The van der Waals surface area contributed by atoms with Gasteiger partial charge in [0.25, 0.3) is 0 Å². The van der Waals surface area contributed by atoms with E-state index in [0.29, 0.717) is 6.54 Å². The van der Waals surface area contributed by atoms with Crippen molar-refractivity contribution in [3.8, 4) is 10.7 Å². The standard InChI is InChI=1S/C18H19N5OS/c1-12(2)16(24)21-14-8-6-13(7-9-14)11-20-18-23-22-17(25-18)15-5-3-4-10-19-15/h3-10,12H,11H2,1-2H3,(H,20,23)(H,21,24). The Kier molecular flexibility index (Phi) is 5.35. The van der Waals surface area contributed by atoms with Crippen LogP contribution in [0.25, 0.3) is 10.7 Å². The van der Waals surface area contributed by atoms with Crippen LogP contribution in [0.5, 0.6) is 0 Å². The maximum Gasteiger partial charge on any atom is 0.226 e. The van der Waals surface area contributed by atoms with Gasteiger partial charge in [0.2, 0.25) is 11.0 Å². The molecule has 1 amide bonds. The number of aromatic nitrogens is 3. The lowest BCUT2D eigenvalue weighted by Crippen LogP contribution is -2.17. The van der Waals surface area contributed by atoms with Crippen molar-refractivity contribution in [3.05, 3.63) is 54.2 Å². The van der Waals surface area contributed by atoms with E-state index in [1.807, 2.05) is 56.3 Å². The molecule has 0 fully saturated rings. The highest BCUT2D eigenvalue weighted by Crippen LogP contribution is 2.24. The van der Waals surface area contributed by atoms with Crippen LogP contribution in [0.1, 0.15) is 19.4 Å². The summed E-state index contributed by atoms with van der Waals surface area (Å²) in [6.07, 6.45) is 1.74. The molecule has 0 spiro atoms. The number of pyridine rings is 1. The van der Waals surface area contributed by atoms with Gasteiger partial charge in [-0.3, -0.25) is 9.78 Å². The van der Waals surface area contributed by atoms with E-state index in [2.05, 4.69) is 25.8 Å². The molecule has 7 heteroatoms. The number of nitrogens with one attached hydrogen (secondary N) is 2. The summed E-state index contributed by atoms with van der Waals surface area (Å²) in [5.41, 5.74) is 2.71. The van der Waals surface area contributed by atoms with E-state index < -0.39 is 0 Å². The lowest BCUT2D eigenvalue weighted by atomic mass is 10.1. The van der Waals surface area contributed by atoms with Gasteiger partial charge in [0.15, 0.2) is 5.01 Å². The highest BCUT2D eigenvalue weighted by molar-refractivity contribution is 7.18. The van der Waals surface area contributed by atoms with Gasteiger partial charge in [-0.15, -0.1) is 10.2 Å². The quantitative estimate of drug-likeness (QED) is 0.704. The molecule has 2 heterocycles. The second kappa shape index (κ2) is 7.85. The summed E-state index contributed by atoms with van der Waals surface area (Å²) < 4.78 is 0. The molecule has 0 aliphatic carbocycles. The third kappa shape index (κ3) is 4.60. The highest BCUT2D eigenvalue weighted by Gasteiger charge is 2.08. The number of benzene rings is 1. The number of rotatable bonds is 6. The van der Waals surface area contributed by atoms with Gasteiger partial charge in [0, 0.05) is 24.3 Å². The maximum absolute atomic E-state index is 11.7. The van der Waals surface area contributed by atoms with Crippen LogP contribution < -0.4 is 10.6 Å². The van der Waals surface area contributed by atoms with Crippen molar-refractivity contribution in [2.45, 2.75) is 20.4 Å². The molecular weight excluding hydrogens is 334 g/mol. The van der Waals surface area contributed by atoms with Crippen molar-refractivity contribution in [3.63, 3.8) is 0 Å². The maximum atomic E-state index is 11.7. The Morgan fingerprint density at radius 2 is 1.92 bits per heavy atom. The minimum atomic E-state index is -0.0351. The number of carbonyl (C=O) groups is 1. The van der Waals surface area contributed by atoms with Gasteiger partial charge in [-0.1, -0.05) is 43.4 Å². The lowest BCUT2D eigenvalue weighted by molar-refractivity contribution is -0.118. The van der Waals surface area contributed by atoms with E-state index in [-0.39, 0.29) is 11.8 Å². The molecule has 0 saturated carbocycles. The van der Waals surface area contributed by atoms with Crippen LogP contribution >= 0.6 is 11.3 Å². The molecule has 2 N–H and O–H groups in total. The van der Waals surface area contributed by atoms with Crippen LogP contribution in [0.3, 0.4) is 0 Å². The normalized spacial score (nSPS) is 10.7. The predicted octanol–water partition coefficient (Wildman–Crippen LogP) is 3.81. The highest BCUT2D eigenvalue weighted by atomic mass is 32.1. The number of hydrogen-bond donors (Lipinski definition) is 2. The predicted molar refractivity (Wildman–Crippen MR) is 100 cm³/mol. The van der Waals surface area contributed by atoms with Gasteiger partial charge in [-0.2, -0.15) is 0 Å². The fraction of sp³-hybridized carbons (Fsp3) is 0.222. The van der Waals surface area contributed by atoms with Gasteiger partial charge in [-0.05, 0) is 29.8 Å². The molecule has 3 rings (SSSR count). The second-order valence-corrected chi connectivity index (χ2v) is 6.80. The molecule has 1 aromatic carbocycles. The minimum absolute atomic E-state index is 0.0155. The molecule has 128 valence electrons. The molecular formula is C18H19N5OS. The zero-order chi connectivity index (χ0) is 17.6. The summed E-state index contributed by atoms with van der Waals surface area (Å²) in [7, 11) is 0. The fourth-order valence-electron chi connectivity index (χ4n) is 2.06. The SMILES string of the molecule is CC(C)C(=O)Nc1ccc(CNc2nnc(-c3ccccn3)s2)cc1. The molecule has 3 aromatic rings. The molecule has 6 nitrogen and oxygen atoms in total. The zero-order valence-electron chi connectivity index (χ0n) is 14.1. The van der Waals surface area contributed by atoms with Crippen LogP contribution in [0.2, 0.25) is 0 Å². The van der Waals surface area contributed by atoms with Gasteiger partial charge in [-0.25, -0.2) is 0 Å². The summed E-state index contributed by atoms with van der Waals surface area (Å²) in [4.78, 5) is 16.0. The zero-order valence-corrected chi connectivity index (χ0v) is 14.9. The van der Waals surface area contributed by atoms with Gasteiger partial charge < -0.3 is 10.6 Å². The first-order chi connectivity index (χ1) is 12.1. The summed E-state index contributed by atoms with van der Waals surface area (Å²) in [5.74, 6) is -0.0196. The van der Waals surface area contributed by atoms with Crippen LogP contribution in [0, 0.1) is 5.92 Å². The van der Waals surface area contributed by atoms with Gasteiger partial charge in [0.1, 0.15) is 5.69 Å². The van der Waals surface area contributed by atoms with Crippen molar-refractivity contribution < 1.29 is 4.79 Å². The Bertz CT molecular complexity index is 830. The van der Waals surface area contributed by atoms with Crippen LogP contribution in [0.4, 0.5) is 10.8 Å². The Labute approximate surface area is 150 Å². The Morgan fingerprint density at radius 1 is 1.12 bits per heavy atom. The second-order valence-electron chi connectivity index (χ2n) is 5.82. The fourth-order valence-corrected chi connectivity index (χ4v) is 2.77. The third-order valence-corrected chi connectivity index (χ3v) is 4.40. The first-order valence-corrected chi connectivity index (χ1v) is 8.82. The average Bonchev–Trinajstić information content (AvgIpc) is 3.11. The average molecular weight is 353 g/mol. The molecule has 0 aliphatic heterocycles. The molecule has 0 bridgehead atoms. The van der Waals surface area contributed by atoms with Crippen LogP contribution in [-0.2, 0) is 11.3 Å². The smallest absolute Gasteiger partial charge is 0.226 e. The lowest BCUT2D eigenvalue weighted by Gasteiger charge is -2.08. The van der Waals surface area contributed by atoms with E-state index in [1.165, 1.54) is 11.3 Å². The summed E-state index contributed by atoms with van der Waals surface area (Å²) in [6.45, 7) is 4.37. The number of amides is 1. The topological polar surface area (TPSA) is 79.8 Å². The van der Waals surface area contributed by atoms with Crippen molar-refractivity contribution in [2.24, 2.45) is 5.92 Å². The molecule has 0 aliphatic rings. The van der Waals surface area contributed by atoms with Gasteiger partial charge in [0.05, 0.1) is 0 Å². The Balaban J connectivity index is 1.57. The first-order valence-electron chi connectivity index (χ1n) is 8.00. The molecule has 2 aromatic heterocycles. The minimum Gasteiger partial charge on any atom is -0.356 e. The number of anilines is 2. The Hall–Kier alpha value is -2.80. The van der Waals surface area contributed by atoms with Crippen molar-refractivity contribution in [1.29, 1.82) is 0 Å². The summed E-state index contributed by atoms with van der Waals surface area (Å²) in [6, 6.07) is 13.5. The largest absolute Gasteiger partial charge is 0.356 e. The summed E-state index contributed by atoms with van der Waals surface area (Å²) >= 11 is 1.47. The Morgan fingerprint density at radius 3 is 2.60 bits per heavy atom. The van der Waals surface area contributed by atoms with E-state index in [9.17, 15) is 4.79 Å². The van der Waals surface area contributed by atoms with Crippen LogP contribution in [0.15, 0.2) is 48.7 Å². The molecule has 0 unspecified atom stereocenters. The number of nitrogens with zero attached hydrogens (tertiary/aromatic N) is 3.